The Morgan fingerprint density at radius 1 is 1.13 bits per heavy atom. The molecule has 1 heterocycles. The molecule has 0 radical (unpaired) electrons. The Bertz CT molecular complexity index is 685. The summed E-state index contributed by atoms with van der Waals surface area (Å²) in [4.78, 5) is 27.5. The molecule has 0 aliphatic heterocycles. The second kappa shape index (κ2) is 7.00. The molecule has 0 aliphatic carbocycles. The van der Waals surface area contributed by atoms with Gasteiger partial charge in [-0.05, 0) is 29.8 Å². The molecule has 6 heteroatoms. The predicted molar refractivity (Wildman–Crippen MR) is 85.3 cm³/mol. The van der Waals surface area contributed by atoms with Crippen LogP contribution in [0.5, 0.6) is 0 Å². The molecule has 0 spiro atoms. The summed E-state index contributed by atoms with van der Waals surface area (Å²) >= 11 is 0. The lowest BCUT2D eigenvalue weighted by molar-refractivity contribution is -0.136. The largest absolute Gasteiger partial charge is 0.347 e. The average molecular weight is 315 g/mol. The first kappa shape index (κ1) is 16.6. The fraction of sp³-hybridized carbons (Fsp3) is 0.235. The summed E-state index contributed by atoms with van der Waals surface area (Å²) in [7, 11) is 0. The highest BCUT2D eigenvalue weighted by Gasteiger charge is 2.23. The molecule has 0 saturated carbocycles. The van der Waals surface area contributed by atoms with Gasteiger partial charge in [-0.15, -0.1) is 0 Å². The van der Waals surface area contributed by atoms with Gasteiger partial charge in [0.1, 0.15) is 5.82 Å². The molecule has 2 rings (SSSR count). The molecule has 0 saturated heterocycles. The third kappa shape index (κ3) is 4.60. The van der Waals surface area contributed by atoms with Gasteiger partial charge in [0, 0.05) is 18.2 Å². The van der Waals surface area contributed by atoms with Crippen LogP contribution in [0.25, 0.3) is 0 Å². The van der Waals surface area contributed by atoms with E-state index in [-0.39, 0.29) is 12.4 Å². The van der Waals surface area contributed by atoms with Crippen LogP contribution in [-0.2, 0) is 15.0 Å². The highest BCUT2D eigenvalue weighted by atomic mass is 19.1. The normalized spacial score (nSPS) is 10.9. The number of benzene rings is 1. The van der Waals surface area contributed by atoms with Crippen LogP contribution in [0, 0.1) is 5.82 Å². The lowest BCUT2D eigenvalue weighted by Crippen LogP contribution is -2.42. The van der Waals surface area contributed by atoms with Gasteiger partial charge in [0.15, 0.2) is 0 Å². The minimum atomic E-state index is -0.757. The van der Waals surface area contributed by atoms with Crippen molar-refractivity contribution in [3.63, 3.8) is 0 Å². The number of anilines is 1. The second-order valence-corrected chi connectivity index (χ2v) is 5.77. The Kier molecular flexibility index (Phi) is 5.05. The number of rotatable bonds is 4. The average Bonchev–Trinajstić information content (AvgIpc) is 2.54. The first-order valence-electron chi connectivity index (χ1n) is 7.14. The fourth-order valence-corrected chi connectivity index (χ4v) is 2.01. The van der Waals surface area contributed by atoms with Crippen molar-refractivity contribution >= 4 is 17.5 Å². The van der Waals surface area contributed by atoms with Crippen LogP contribution >= 0.6 is 0 Å². The number of hydrogen-bond acceptors (Lipinski definition) is 3. The predicted octanol–water partition coefficient (Wildman–Crippen LogP) is 2.25. The van der Waals surface area contributed by atoms with E-state index in [2.05, 4.69) is 15.6 Å². The first-order chi connectivity index (χ1) is 10.9. The SMILES string of the molecule is CC(C)(CNC(=O)C(=O)Nc1cccnc1)c1ccc(F)cc1. The molecule has 1 aromatic heterocycles. The maximum atomic E-state index is 13.0. The van der Waals surface area contributed by atoms with E-state index < -0.39 is 17.2 Å². The van der Waals surface area contributed by atoms with Crippen molar-refractivity contribution in [2.24, 2.45) is 0 Å². The molecule has 2 aromatic rings. The maximum absolute atomic E-state index is 13.0. The van der Waals surface area contributed by atoms with Crippen LogP contribution < -0.4 is 10.6 Å². The second-order valence-electron chi connectivity index (χ2n) is 5.77. The molecule has 5 nitrogen and oxygen atoms in total. The topological polar surface area (TPSA) is 71.1 Å². The van der Waals surface area contributed by atoms with Gasteiger partial charge in [0.25, 0.3) is 0 Å². The minimum absolute atomic E-state index is 0.248. The highest BCUT2D eigenvalue weighted by Crippen LogP contribution is 2.22. The van der Waals surface area contributed by atoms with Gasteiger partial charge in [-0.1, -0.05) is 26.0 Å². The number of amides is 2. The highest BCUT2D eigenvalue weighted by molar-refractivity contribution is 6.39. The van der Waals surface area contributed by atoms with Gasteiger partial charge < -0.3 is 10.6 Å². The summed E-state index contributed by atoms with van der Waals surface area (Å²) in [5, 5.41) is 5.05. The third-order valence-corrected chi connectivity index (χ3v) is 3.44. The van der Waals surface area contributed by atoms with E-state index in [1.165, 1.54) is 18.3 Å². The van der Waals surface area contributed by atoms with Crippen molar-refractivity contribution in [3.05, 3.63) is 60.2 Å². The first-order valence-corrected chi connectivity index (χ1v) is 7.14. The number of pyridine rings is 1. The van der Waals surface area contributed by atoms with Gasteiger partial charge in [-0.2, -0.15) is 0 Å². The molecular formula is C17H18FN3O2. The lowest BCUT2D eigenvalue weighted by atomic mass is 9.84. The van der Waals surface area contributed by atoms with Gasteiger partial charge >= 0.3 is 11.8 Å². The van der Waals surface area contributed by atoms with E-state index in [1.54, 1.807) is 30.5 Å². The molecule has 2 N–H and O–H groups in total. The molecular weight excluding hydrogens is 297 g/mol. The van der Waals surface area contributed by atoms with Crippen molar-refractivity contribution < 1.29 is 14.0 Å². The van der Waals surface area contributed by atoms with Crippen molar-refractivity contribution in [1.82, 2.24) is 10.3 Å². The van der Waals surface area contributed by atoms with E-state index in [0.29, 0.717) is 5.69 Å². The summed E-state index contributed by atoms with van der Waals surface area (Å²) in [5.74, 6) is -1.80. The summed E-state index contributed by atoms with van der Waals surface area (Å²) in [6, 6.07) is 9.36. The number of halogens is 1. The molecule has 0 atom stereocenters. The molecule has 0 bridgehead atoms. The maximum Gasteiger partial charge on any atom is 0.313 e. The molecule has 0 unspecified atom stereocenters. The molecule has 2 amide bonds. The molecule has 0 aliphatic rings. The number of nitrogens with zero attached hydrogens (tertiary/aromatic N) is 1. The van der Waals surface area contributed by atoms with Crippen molar-refractivity contribution in [3.8, 4) is 0 Å². The number of aromatic nitrogens is 1. The zero-order chi connectivity index (χ0) is 16.9. The Hall–Kier alpha value is -2.76. The van der Waals surface area contributed by atoms with Crippen molar-refractivity contribution in [2.75, 3.05) is 11.9 Å². The quantitative estimate of drug-likeness (QED) is 0.850. The molecule has 23 heavy (non-hydrogen) atoms. The Labute approximate surface area is 133 Å². The van der Waals surface area contributed by atoms with Crippen LogP contribution in [0.4, 0.5) is 10.1 Å². The van der Waals surface area contributed by atoms with E-state index in [0.717, 1.165) is 5.56 Å². The van der Waals surface area contributed by atoms with E-state index in [4.69, 9.17) is 0 Å². The monoisotopic (exact) mass is 315 g/mol. The Balaban J connectivity index is 1.92. The van der Waals surface area contributed by atoms with Gasteiger partial charge in [0.2, 0.25) is 0 Å². The van der Waals surface area contributed by atoms with Crippen molar-refractivity contribution in [1.29, 1.82) is 0 Å². The summed E-state index contributed by atoms with van der Waals surface area (Å²) in [6.07, 6.45) is 3.02. The number of carbonyl (C=O) groups is 2. The zero-order valence-corrected chi connectivity index (χ0v) is 13.0. The molecule has 120 valence electrons. The molecule has 1 aromatic carbocycles. The smallest absolute Gasteiger partial charge is 0.313 e. The summed E-state index contributed by atoms with van der Waals surface area (Å²) in [5.41, 5.74) is 0.884. The van der Waals surface area contributed by atoms with Crippen LogP contribution in [0.15, 0.2) is 48.8 Å². The standard InChI is InChI=1S/C17H18FN3O2/c1-17(2,12-5-7-13(18)8-6-12)11-20-15(22)16(23)21-14-4-3-9-19-10-14/h3-10H,11H2,1-2H3,(H,20,22)(H,21,23). The van der Waals surface area contributed by atoms with Crippen molar-refractivity contribution in [2.45, 2.75) is 19.3 Å². The van der Waals surface area contributed by atoms with Crippen LogP contribution in [0.1, 0.15) is 19.4 Å². The Morgan fingerprint density at radius 2 is 1.83 bits per heavy atom. The number of nitrogens with one attached hydrogen (secondary N) is 2. The number of hydrogen-bond donors (Lipinski definition) is 2. The van der Waals surface area contributed by atoms with Gasteiger partial charge in [-0.3, -0.25) is 14.6 Å². The third-order valence-electron chi connectivity index (χ3n) is 3.44. The number of carbonyl (C=O) groups excluding carboxylic acids is 2. The molecule has 0 fully saturated rings. The zero-order valence-electron chi connectivity index (χ0n) is 13.0. The fourth-order valence-electron chi connectivity index (χ4n) is 2.01. The summed E-state index contributed by atoms with van der Waals surface area (Å²) in [6.45, 7) is 4.05. The summed E-state index contributed by atoms with van der Waals surface area (Å²) < 4.78 is 13.0. The van der Waals surface area contributed by atoms with E-state index in [9.17, 15) is 14.0 Å². The van der Waals surface area contributed by atoms with Crippen LogP contribution in [0.3, 0.4) is 0 Å². The van der Waals surface area contributed by atoms with Crippen LogP contribution in [0.2, 0.25) is 0 Å². The Morgan fingerprint density at radius 3 is 2.43 bits per heavy atom. The van der Waals surface area contributed by atoms with Crippen LogP contribution in [-0.4, -0.2) is 23.3 Å². The van der Waals surface area contributed by atoms with Gasteiger partial charge in [0.05, 0.1) is 11.9 Å². The van der Waals surface area contributed by atoms with E-state index in [1.807, 2.05) is 13.8 Å². The van der Waals surface area contributed by atoms with Gasteiger partial charge in [-0.25, -0.2) is 4.39 Å². The minimum Gasteiger partial charge on any atom is -0.347 e. The van der Waals surface area contributed by atoms with E-state index >= 15 is 0 Å². The lowest BCUT2D eigenvalue weighted by Gasteiger charge is -2.25.